The fraction of sp³-hybridized carbons (Fsp3) is 0.944. The molecular formula is C18H31N3O2. The Morgan fingerprint density at radius 3 is 2.87 bits per heavy atom. The van der Waals surface area contributed by atoms with E-state index in [1.165, 1.54) is 19.4 Å². The normalized spacial score (nSPS) is 45.7. The molecule has 1 saturated carbocycles. The van der Waals surface area contributed by atoms with Crippen LogP contribution in [0.3, 0.4) is 0 Å². The van der Waals surface area contributed by atoms with Crippen molar-refractivity contribution in [2.24, 2.45) is 17.1 Å². The van der Waals surface area contributed by atoms with Gasteiger partial charge in [0.2, 0.25) is 5.91 Å². The lowest BCUT2D eigenvalue weighted by molar-refractivity contribution is -0.225. The van der Waals surface area contributed by atoms with Crippen LogP contribution in [0.4, 0.5) is 0 Å². The van der Waals surface area contributed by atoms with Gasteiger partial charge in [-0.2, -0.15) is 0 Å². The van der Waals surface area contributed by atoms with Crippen LogP contribution in [0.1, 0.15) is 52.4 Å². The number of piperidine rings is 1. The largest absolute Gasteiger partial charge is 0.377 e. The van der Waals surface area contributed by atoms with Crippen LogP contribution >= 0.6 is 0 Å². The predicted octanol–water partition coefficient (Wildman–Crippen LogP) is 1.26. The van der Waals surface area contributed by atoms with Crippen LogP contribution in [0.5, 0.6) is 0 Å². The molecule has 5 atom stereocenters. The highest BCUT2D eigenvalue weighted by molar-refractivity contribution is 5.89. The lowest BCUT2D eigenvalue weighted by Crippen LogP contribution is -2.82. The molecule has 4 rings (SSSR count). The van der Waals surface area contributed by atoms with Crippen LogP contribution in [0.2, 0.25) is 0 Å². The summed E-state index contributed by atoms with van der Waals surface area (Å²) in [6, 6.07) is 0.963. The van der Waals surface area contributed by atoms with Crippen molar-refractivity contribution in [3.05, 3.63) is 0 Å². The van der Waals surface area contributed by atoms with Crippen molar-refractivity contribution in [1.29, 1.82) is 0 Å². The Labute approximate surface area is 139 Å². The summed E-state index contributed by atoms with van der Waals surface area (Å²) in [4.78, 5) is 15.7. The molecule has 4 fully saturated rings. The van der Waals surface area contributed by atoms with Crippen molar-refractivity contribution in [3.63, 3.8) is 0 Å². The van der Waals surface area contributed by atoms with Gasteiger partial charge in [-0.05, 0) is 45.1 Å². The molecule has 3 heterocycles. The molecule has 0 aromatic rings. The number of carbonyl (C=O) groups is 1. The highest BCUT2D eigenvalue weighted by Gasteiger charge is 2.70. The molecule has 3 saturated heterocycles. The number of nitrogens with zero attached hydrogens (tertiary/aromatic N) is 1. The van der Waals surface area contributed by atoms with E-state index in [9.17, 15) is 4.79 Å². The average molecular weight is 321 g/mol. The first-order chi connectivity index (χ1) is 10.9. The summed E-state index contributed by atoms with van der Waals surface area (Å²) in [7, 11) is 0. The third-order valence-corrected chi connectivity index (χ3v) is 7.22. The molecule has 3 N–H and O–H groups in total. The number of nitrogens with one attached hydrogen (secondary N) is 1. The van der Waals surface area contributed by atoms with Crippen LogP contribution in [0.25, 0.3) is 0 Å². The first kappa shape index (κ1) is 15.9. The van der Waals surface area contributed by atoms with Gasteiger partial charge in [-0.15, -0.1) is 0 Å². The maximum atomic E-state index is 13.1. The summed E-state index contributed by atoms with van der Waals surface area (Å²) in [6.45, 7) is 7.35. The van der Waals surface area contributed by atoms with Gasteiger partial charge in [0.1, 0.15) is 5.54 Å². The molecule has 5 nitrogen and oxygen atoms in total. The van der Waals surface area contributed by atoms with Gasteiger partial charge in [0.15, 0.2) is 0 Å². The molecule has 3 aliphatic heterocycles. The molecule has 0 spiro atoms. The standard InChI is InChI=1S/C18H31N3O2/c1-17(2)15-14(6-4-10-23-15)18(17,19)16(22)20-12-7-9-21-8-3-5-13(21)11-12/h12-15H,3-11,19H2,1-2H3,(H,20,22). The molecule has 0 aromatic carbocycles. The minimum Gasteiger partial charge on any atom is -0.377 e. The summed E-state index contributed by atoms with van der Waals surface area (Å²) >= 11 is 0. The third-order valence-electron chi connectivity index (χ3n) is 7.22. The molecular weight excluding hydrogens is 290 g/mol. The van der Waals surface area contributed by atoms with Crippen LogP contribution < -0.4 is 11.1 Å². The Bertz CT molecular complexity index is 495. The number of rotatable bonds is 2. The number of hydrogen-bond acceptors (Lipinski definition) is 4. The van der Waals surface area contributed by atoms with Crippen molar-refractivity contribution in [2.45, 2.75) is 76.1 Å². The lowest BCUT2D eigenvalue weighted by atomic mass is 9.46. The molecule has 0 aromatic heterocycles. The Balaban J connectivity index is 1.44. The number of hydrogen-bond donors (Lipinski definition) is 2. The molecule has 5 unspecified atom stereocenters. The third kappa shape index (κ3) is 2.19. The molecule has 0 bridgehead atoms. The molecule has 0 radical (unpaired) electrons. The summed E-state index contributed by atoms with van der Waals surface area (Å²) in [5, 5.41) is 3.32. The lowest BCUT2D eigenvalue weighted by Gasteiger charge is -2.65. The molecule has 23 heavy (non-hydrogen) atoms. The van der Waals surface area contributed by atoms with Gasteiger partial charge in [-0.1, -0.05) is 13.8 Å². The van der Waals surface area contributed by atoms with Crippen molar-refractivity contribution in [2.75, 3.05) is 19.7 Å². The SMILES string of the molecule is CC1(C)C2OCCCC2C1(N)C(=O)NC1CCN2CCCC2C1. The summed E-state index contributed by atoms with van der Waals surface area (Å²) in [5.41, 5.74) is 5.65. The van der Waals surface area contributed by atoms with E-state index >= 15 is 0 Å². The van der Waals surface area contributed by atoms with Gasteiger partial charge in [0.05, 0.1) is 6.10 Å². The Kier molecular flexibility index (Phi) is 3.74. The zero-order valence-electron chi connectivity index (χ0n) is 14.5. The van der Waals surface area contributed by atoms with Gasteiger partial charge < -0.3 is 20.7 Å². The first-order valence-corrected chi connectivity index (χ1v) is 9.40. The maximum Gasteiger partial charge on any atom is 0.241 e. The predicted molar refractivity (Wildman–Crippen MR) is 88.9 cm³/mol. The van der Waals surface area contributed by atoms with Gasteiger partial charge in [0.25, 0.3) is 0 Å². The highest BCUT2D eigenvalue weighted by atomic mass is 16.5. The van der Waals surface area contributed by atoms with Crippen molar-refractivity contribution in [1.82, 2.24) is 10.2 Å². The molecule has 1 aliphatic carbocycles. The minimum atomic E-state index is -0.773. The van der Waals surface area contributed by atoms with E-state index in [0.29, 0.717) is 12.1 Å². The summed E-state index contributed by atoms with van der Waals surface area (Å²) in [6.07, 6.45) is 6.91. The minimum absolute atomic E-state index is 0.0608. The number of nitrogens with two attached hydrogens (primary N) is 1. The topological polar surface area (TPSA) is 67.6 Å². The first-order valence-electron chi connectivity index (χ1n) is 9.40. The number of ether oxygens (including phenoxy) is 1. The molecule has 1 amide bonds. The number of fused-ring (bicyclic) bond motifs is 2. The van der Waals surface area contributed by atoms with E-state index in [1.807, 2.05) is 0 Å². The zero-order valence-corrected chi connectivity index (χ0v) is 14.5. The smallest absolute Gasteiger partial charge is 0.241 e. The van der Waals surface area contributed by atoms with Gasteiger partial charge >= 0.3 is 0 Å². The zero-order chi connectivity index (χ0) is 16.2. The van der Waals surface area contributed by atoms with E-state index in [0.717, 1.165) is 38.8 Å². The Morgan fingerprint density at radius 2 is 2.04 bits per heavy atom. The van der Waals surface area contributed by atoms with Gasteiger partial charge in [-0.25, -0.2) is 0 Å². The summed E-state index contributed by atoms with van der Waals surface area (Å²) in [5.74, 6) is 0.239. The molecule has 5 heteroatoms. The second-order valence-electron chi connectivity index (χ2n) is 8.66. The van der Waals surface area contributed by atoms with Crippen molar-refractivity contribution < 1.29 is 9.53 Å². The fourth-order valence-electron chi connectivity index (χ4n) is 5.70. The second-order valence-corrected chi connectivity index (χ2v) is 8.66. The quantitative estimate of drug-likeness (QED) is 0.803. The maximum absolute atomic E-state index is 13.1. The van der Waals surface area contributed by atoms with Crippen LogP contribution in [0, 0.1) is 11.3 Å². The number of carbonyl (C=O) groups excluding carboxylic acids is 1. The van der Waals surface area contributed by atoms with E-state index in [1.54, 1.807) is 0 Å². The van der Waals surface area contributed by atoms with E-state index in [-0.39, 0.29) is 23.3 Å². The van der Waals surface area contributed by atoms with Crippen molar-refractivity contribution in [3.8, 4) is 0 Å². The monoisotopic (exact) mass is 321 g/mol. The molecule has 130 valence electrons. The highest BCUT2D eigenvalue weighted by Crippen LogP contribution is 2.57. The van der Waals surface area contributed by atoms with Gasteiger partial charge in [0, 0.05) is 36.6 Å². The molecule has 4 aliphatic rings. The van der Waals surface area contributed by atoms with E-state index in [4.69, 9.17) is 10.5 Å². The average Bonchev–Trinajstić information content (AvgIpc) is 3.01. The van der Waals surface area contributed by atoms with Crippen LogP contribution in [-0.4, -0.2) is 54.2 Å². The van der Waals surface area contributed by atoms with E-state index < -0.39 is 5.54 Å². The van der Waals surface area contributed by atoms with Crippen LogP contribution in [-0.2, 0) is 9.53 Å². The fourth-order valence-corrected chi connectivity index (χ4v) is 5.70. The van der Waals surface area contributed by atoms with Crippen LogP contribution in [0.15, 0.2) is 0 Å². The number of amides is 1. The Hall–Kier alpha value is -0.650. The second kappa shape index (κ2) is 5.43. The van der Waals surface area contributed by atoms with Gasteiger partial charge in [-0.3, -0.25) is 4.79 Å². The Morgan fingerprint density at radius 1 is 1.22 bits per heavy atom. The van der Waals surface area contributed by atoms with E-state index in [2.05, 4.69) is 24.1 Å². The summed E-state index contributed by atoms with van der Waals surface area (Å²) < 4.78 is 5.92. The van der Waals surface area contributed by atoms with Crippen molar-refractivity contribution >= 4 is 5.91 Å².